The van der Waals surface area contributed by atoms with Gasteiger partial charge in [-0.3, -0.25) is 0 Å². The standard InChI is InChI=1S/C19H17F4N3O2S/c1-2-6-16-17(13-9-11-14(20)12-10-13)26(24-18(16)19(21,22)23)25-29(27,28)15-7-4-3-5-8-15/h3-5,7-12,25H,2,6H2,1H3. The predicted molar refractivity (Wildman–Crippen MR) is 99.6 cm³/mol. The number of hydrogen-bond donors (Lipinski definition) is 1. The van der Waals surface area contributed by atoms with Crippen molar-refractivity contribution in [3.05, 3.63) is 71.7 Å². The van der Waals surface area contributed by atoms with E-state index >= 15 is 0 Å². The van der Waals surface area contributed by atoms with Gasteiger partial charge in [0, 0.05) is 11.1 Å². The van der Waals surface area contributed by atoms with Crippen molar-refractivity contribution in [2.24, 2.45) is 0 Å². The van der Waals surface area contributed by atoms with Crippen LogP contribution in [-0.4, -0.2) is 18.3 Å². The molecule has 2 aromatic carbocycles. The molecule has 0 amide bonds. The average molecular weight is 427 g/mol. The number of hydrogen-bond acceptors (Lipinski definition) is 3. The Labute approximate surface area is 165 Å². The molecule has 154 valence electrons. The summed E-state index contributed by atoms with van der Waals surface area (Å²) in [6, 6.07) is 11.9. The lowest BCUT2D eigenvalue weighted by molar-refractivity contribution is -0.142. The first-order valence-corrected chi connectivity index (χ1v) is 10.1. The van der Waals surface area contributed by atoms with Crippen LogP contribution in [0, 0.1) is 5.82 Å². The molecule has 10 heteroatoms. The smallest absolute Gasteiger partial charge is 0.207 e. The third kappa shape index (κ3) is 4.42. The molecule has 3 aromatic rings. The highest BCUT2D eigenvalue weighted by Crippen LogP contribution is 2.37. The molecule has 0 aliphatic carbocycles. The van der Waals surface area contributed by atoms with Crippen molar-refractivity contribution in [3.63, 3.8) is 0 Å². The van der Waals surface area contributed by atoms with Crippen LogP contribution in [-0.2, 0) is 22.6 Å². The lowest BCUT2D eigenvalue weighted by Gasteiger charge is -2.12. The molecule has 3 rings (SSSR count). The molecule has 5 nitrogen and oxygen atoms in total. The number of nitrogens with one attached hydrogen (secondary N) is 1. The fourth-order valence-corrected chi connectivity index (χ4v) is 3.88. The van der Waals surface area contributed by atoms with E-state index < -0.39 is 27.7 Å². The third-order valence-corrected chi connectivity index (χ3v) is 5.44. The highest BCUT2D eigenvalue weighted by Gasteiger charge is 2.39. The lowest BCUT2D eigenvalue weighted by atomic mass is 10.0. The number of rotatable bonds is 6. The van der Waals surface area contributed by atoms with Crippen molar-refractivity contribution in [2.75, 3.05) is 4.83 Å². The second-order valence-electron chi connectivity index (χ2n) is 6.25. The van der Waals surface area contributed by atoms with E-state index in [1.165, 1.54) is 36.4 Å². The summed E-state index contributed by atoms with van der Waals surface area (Å²) in [7, 11) is -4.21. The van der Waals surface area contributed by atoms with E-state index in [9.17, 15) is 26.0 Å². The van der Waals surface area contributed by atoms with E-state index in [0.29, 0.717) is 11.2 Å². The maximum Gasteiger partial charge on any atom is 0.435 e. The van der Waals surface area contributed by atoms with Gasteiger partial charge < -0.3 is 0 Å². The topological polar surface area (TPSA) is 64.0 Å². The number of benzene rings is 2. The van der Waals surface area contributed by atoms with Gasteiger partial charge in [-0.2, -0.15) is 31.2 Å². The van der Waals surface area contributed by atoms with Crippen LogP contribution in [0.2, 0.25) is 0 Å². The molecule has 0 fully saturated rings. The van der Waals surface area contributed by atoms with E-state index in [1.807, 2.05) is 0 Å². The van der Waals surface area contributed by atoms with E-state index in [-0.39, 0.29) is 28.1 Å². The minimum absolute atomic E-state index is 0.00855. The number of aromatic nitrogens is 2. The average Bonchev–Trinajstić information content (AvgIpc) is 3.01. The van der Waals surface area contributed by atoms with Crippen LogP contribution in [0.4, 0.5) is 17.6 Å². The molecule has 0 bridgehead atoms. The van der Waals surface area contributed by atoms with E-state index in [4.69, 9.17) is 0 Å². The summed E-state index contributed by atoms with van der Waals surface area (Å²) >= 11 is 0. The molecule has 0 atom stereocenters. The van der Waals surface area contributed by atoms with Crippen LogP contribution < -0.4 is 4.83 Å². The summed E-state index contributed by atoms with van der Waals surface area (Å²) in [6.07, 6.45) is -4.41. The molecule has 0 saturated carbocycles. The highest BCUT2D eigenvalue weighted by molar-refractivity contribution is 7.92. The number of sulfonamides is 1. The number of alkyl halides is 3. The molecule has 0 spiro atoms. The Hall–Kier alpha value is -2.88. The first-order chi connectivity index (χ1) is 13.6. The van der Waals surface area contributed by atoms with E-state index in [1.54, 1.807) is 13.0 Å². The summed E-state index contributed by atoms with van der Waals surface area (Å²) in [6.45, 7) is 1.69. The lowest BCUT2D eigenvalue weighted by Crippen LogP contribution is -2.25. The van der Waals surface area contributed by atoms with Gasteiger partial charge in [0.05, 0.1) is 10.6 Å². The Morgan fingerprint density at radius 1 is 1.03 bits per heavy atom. The fraction of sp³-hybridized carbons (Fsp3) is 0.211. The first-order valence-electron chi connectivity index (χ1n) is 8.66. The molecule has 0 unspecified atom stereocenters. The van der Waals surface area contributed by atoms with Gasteiger partial charge in [-0.05, 0) is 42.8 Å². The van der Waals surface area contributed by atoms with Crippen molar-refractivity contribution in [3.8, 4) is 11.3 Å². The second kappa shape index (κ2) is 7.86. The Morgan fingerprint density at radius 2 is 1.66 bits per heavy atom. The zero-order valence-electron chi connectivity index (χ0n) is 15.2. The molecule has 0 radical (unpaired) electrons. The molecular weight excluding hydrogens is 410 g/mol. The highest BCUT2D eigenvalue weighted by atomic mass is 32.2. The number of nitrogens with zero attached hydrogens (tertiary/aromatic N) is 2. The van der Waals surface area contributed by atoms with Crippen molar-refractivity contribution < 1.29 is 26.0 Å². The minimum Gasteiger partial charge on any atom is -0.207 e. The molecule has 1 N–H and O–H groups in total. The van der Waals surface area contributed by atoms with Gasteiger partial charge in [-0.1, -0.05) is 31.5 Å². The summed E-state index contributed by atoms with van der Waals surface area (Å²) < 4.78 is 79.4. The summed E-state index contributed by atoms with van der Waals surface area (Å²) in [4.78, 5) is 2.56. The van der Waals surface area contributed by atoms with Crippen LogP contribution in [0.1, 0.15) is 24.6 Å². The normalized spacial score (nSPS) is 12.2. The molecule has 0 aliphatic heterocycles. The van der Waals surface area contributed by atoms with Gasteiger partial charge in [-0.25, -0.2) is 4.39 Å². The summed E-state index contributed by atoms with van der Waals surface area (Å²) in [5.41, 5.74) is -1.23. The quantitative estimate of drug-likeness (QED) is 0.585. The number of halogens is 4. The van der Waals surface area contributed by atoms with Crippen molar-refractivity contribution >= 4 is 10.0 Å². The Bertz CT molecular complexity index is 1090. The molecular formula is C19H17F4N3O2S. The molecule has 0 aliphatic rings. The van der Waals surface area contributed by atoms with Crippen LogP contribution in [0.15, 0.2) is 59.5 Å². The zero-order valence-corrected chi connectivity index (χ0v) is 16.1. The summed E-state index contributed by atoms with van der Waals surface area (Å²) in [5.74, 6) is -0.572. The van der Waals surface area contributed by atoms with Gasteiger partial charge in [-0.15, -0.1) is 5.10 Å². The molecule has 1 aromatic heterocycles. The SMILES string of the molecule is CCCc1c(C(F)(F)F)nn(NS(=O)(=O)c2ccccc2)c1-c1ccc(F)cc1. The van der Waals surface area contributed by atoms with Gasteiger partial charge in [0.1, 0.15) is 5.82 Å². The van der Waals surface area contributed by atoms with Gasteiger partial charge >= 0.3 is 6.18 Å². The van der Waals surface area contributed by atoms with E-state index in [2.05, 4.69) is 9.93 Å². The maximum atomic E-state index is 13.6. The Morgan fingerprint density at radius 3 is 2.21 bits per heavy atom. The van der Waals surface area contributed by atoms with Crippen molar-refractivity contribution in [1.82, 2.24) is 9.89 Å². The molecule has 29 heavy (non-hydrogen) atoms. The maximum absolute atomic E-state index is 13.6. The van der Waals surface area contributed by atoms with Crippen LogP contribution in [0.25, 0.3) is 11.3 Å². The van der Waals surface area contributed by atoms with Crippen LogP contribution >= 0.6 is 0 Å². The minimum atomic E-state index is -4.79. The van der Waals surface area contributed by atoms with Crippen molar-refractivity contribution in [2.45, 2.75) is 30.8 Å². The van der Waals surface area contributed by atoms with Crippen LogP contribution in [0.5, 0.6) is 0 Å². The summed E-state index contributed by atoms with van der Waals surface area (Å²) in [5, 5.41) is 3.52. The van der Waals surface area contributed by atoms with Gasteiger partial charge in [0.2, 0.25) is 0 Å². The van der Waals surface area contributed by atoms with Gasteiger partial charge in [0.15, 0.2) is 5.69 Å². The van der Waals surface area contributed by atoms with Crippen LogP contribution in [0.3, 0.4) is 0 Å². The Kier molecular flexibility index (Phi) is 5.65. The fourth-order valence-electron chi connectivity index (χ4n) is 2.90. The third-order valence-electron chi connectivity index (χ3n) is 4.13. The predicted octanol–water partition coefficient (Wildman–Crippen LogP) is 4.59. The monoisotopic (exact) mass is 427 g/mol. The molecule has 0 saturated heterocycles. The largest absolute Gasteiger partial charge is 0.435 e. The van der Waals surface area contributed by atoms with Crippen molar-refractivity contribution in [1.29, 1.82) is 0 Å². The first kappa shape index (κ1) is 20.8. The zero-order chi connectivity index (χ0) is 21.2. The van der Waals surface area contributed by atoms with Gasteiger partial charge in [0.25, 0.3) is 10.0 Å². The second-order valence-corrected chi connectivity index (χ2v) is 7.91. The Balaban J connectivity index is 2.21. The molecule has 1 heterocycles. The van der Waals surface area contributed by atoms with E-state index in [0.717, 1.165) is 12.1 Å².